The molecular weight excluding hydrogens is 311 g/mol. The van der Waals surface area contributed by atoms with Crippen molar-refractivity contribution in [3.63, 3.8) is 0 Å². The Hall–Kier alpha value is -2.39. The minimum Gasteiger partial charge on any atom is -0.388 e. The van der Waals surface area contributed by atoms with E-state index in [0.29, 0.717) is 24.5 Å². The number of hydrogen-bond acceptors (Lipinski definition) is 4. The first kappa shape index (κ1) is 18.7. The maximum Gasteiger partial charge on any atom is 0.408 e. The number of aliphatic imine (C=N–C) groups is 1. The SMILES string of the molecule is N=C(N)CCCCCc1nccc(NC(N)=NCC(F)(F)F)n1. The Kier molecular flexibility index (Phi) is 7.23. The highest BCUT2D eigenvalue weighted by Crippen LogP contribution is 2.14. The maximum absolute atomic E-state index is 12.0. The summed E-state index contributed by atoms with van der Waals surface area (Å²) < 4.78 is 36.1. The van der Waals surface area contributed by atoms with Crippen molar-refractivity contribution in [2.75, 3.05) is 11.9 Å². The molecule has 7 nitrogen and oxygen atoms in total. The van der Waals surface area contributed by atoms with Crippen LogP contribution in [0.4, 0.5) is 19.0 Å². The van der Waals surface area contributed by atoms with Gasteiger partial charge in [0, 0.05) is 19.0 Å². The highest BCUT2D eigenvalue weighted by atomic mass is 19.4. The van der Waals surface area contributed by atoms with Gasteiger partial charge in [-0.3, -0.25) is 5.41 Å². The Labute approximate surface area is 131 Å². The standard InChI is InChI=1S/C13H20F3N7/c14-13(15,16)8-21-12(19)23-11-6-7-20-10(22-11)5-3-1-2-4-9(17)18/h6-7H,1-5,8H2,(H3,17,18)(H3,19,20,21,22,23). The summed E-state index contributed by atoms with van der Waals surface area (Å²) in [6.45, 7) is -1.35. The van der Waals surface area contributed by atoms with Crippen LogP contribution in [0.25, 0.3) is 0 Å². The smallest absolute Gasteiger partial charge is 0.388 e. The van der Waals surface area contributed by atoms with Gasteiger partial charge in [0.1, 0.15) is 18.2 Å². The molecule has 0 aliphatic heterocycles. The largest absolute Gasteiger partial charge is 0.408 e. The number of nitrogens with zero attached hydrogens (tertiary/aromatic N) is 3. The number of unbranched alkanes of at least 4 members (excludes halogenated alkanes) is 2. The molecule has 23 heavy (non-hydrogen) atoms. The monoisotopic (exact) mass is 331 g/mol. The molecule has 0 aromatic carbocycles. The van der Waals surface area contributed by atoms with E-state index in [1.165, 1.54) is 12.3 Å². The van der Waals surface area contributed by atoms with Gasteiger partial charge in [0.05, 0.1) is 5.84 Å². The first-order valence-corrected chi connectivity index (χ1v) is 7.05. The molecule has 0 atom stereocenters. The second-order valence-corrected chi connectivity index (χ2v) is 4.89. The third-order valence-corrected chi connectivity index (χ3v) is 2.74. The van der Waals surface area contributed by atoms with Gasteiger partial charge in [-0.1, -0.05) is 6.42 Å². The van der Waals surface area contributed by atoms with Crippen LogP contribution in [0.2, 0.25) is 0 Å². The number of nitrogens with two attached hydrogens (primary N) is 2. The molecule has 6 N–H and O–H groups in total. The van der Waals surface area contributed by atoms with E-state index < -0.39 is 12.7 Å². The fourth-order valence-corrected chi connectivity index (χ4v) is 1.71. The van der Waals surface area contributed by atoms with Crippen LogP contribution in [0.1, 0.15) is 31.5 Å². The van der Waals surface area contributed by atoms with Crippen LogP contribution in [-0.2, 0) is 6.42 Å². The molecule has 10 heteroatoms. The van der Waals surface area contributed by atoms with Crippen LogP contribution in [0.3, 0.4) is 0 Å². The normalized spacial score (nSPS) is 12.2. The first-order chi connectivity index (χ1) is 10.8. The highest BCUT2D eigenvalue weighted by Gasteiger charge is 2.26. The second-order valence-electron chi connectivity index (χ2n) is 4.89. The van der Waals surface area contributed by atoms with E-state index in [-0.39, 0.29) is 11.8 Å². The van der Waals surface area contributed by atoms with Gasteiger partial charge in [-0.25, -0.2) is 15.0 Å². The van der Waals surface area contributed by atoms with Crippen LogP contribution < -0.4 is 16.8 Å². The van der Waals surface area contributed by atoms with Gasteiger partial charge < -0.3 is 16.8 Å². The van der Waals surface area contributed by atoms with Gasteiger partial charge in [-0.05, 0) is 18.9 Å². The van der Waals surface area contributed by atoms with Crippen molar-refractivity contribution in [3.05, 3.63) is 18.1 Å². The van der Waals surface area contributed by atoms with Crippen LogP contribution in [0.5, 0.6) is 0 Å². The minimum absolute atomic E-state index is 0.168. The third kappa shape index (κ3) is 9.27. The lowest BCUT2D eigenvalue weighted by Crippen LogP contribution is -2.26. The molecule has 1 aromatic rings. The predicted molar refractivity (Wildman–Crippen MR) is 82.3 cm³/mol. The maximum atomic E-state index is 12.0. The van der Waals surface area contributed by atoms with Crippen molar-refractivity contribution in [2.24, 2.45) is 16.5 Å². The number of hydrogen-bond donors (Lipinski definition) is 4. The predicted octanol–water partition coefficient (Wildman–Crippen LogP) is 1.80. The van der Waals surface area contributed by atoms with Crippen molar-refractivity contribution in [1.82, 2.24) is 9.97 Å². The Morgan fingerprint density at radius 3 is 2.65 bits per heavy atom. The number of nitrogens with one attached hydrogen (secondary N) is 2. The van der Waals surface area contributed by atoms with E-state index in [0.717, 1.165) is 19.3 Å². The number of anilines is 1. The summed E-state index contributed by atoms with van der Waals surface area (Å²) in [5.41, 5.74) is 10.6. The zero-order valence-corrected chi connectivity index (χ0v) is 12.5. The fraction of sp³-hybridized carbons (Fsp3) is 0.538. The number of aryl methyl sites for hydroxylation is 1. The molecule has 0 amide bonds. The summed E-state index contributed by atoms with van der Waals surface area (Å²) >= 11 is 0. The lowest BCUT2D eigenvalue weighted by atomic mass is 10.1. The van der Waals surface area contributed by atoms with E-state index in [2.05, 4.69) is 20.3 Å². The Morgan fingerprint density at radius 2 is 2.00 bits per heavy atom. The quantitative estimate of drug-likeness (QED) is 0.328. The number of guanidine groups is 1. The number of amidine groups is 1. The van der Waals surface area contributed by atoms with Crippen molar-refractivity contribution in [2.45, 2.75) is 38.3 Å². The molecule has 0 aliphatic rings. The van der Waals surface area contributed by atoms with E-state index in [9.17, 15) is 13.2 Å². The average Bonchev–Trinajstić information content (AvgIpc) is 2.44. The topological polar surface area (TPSA) is 126 Å². The third-order valence-electron chi connectivity index (χ3n) is 2.74. The molecule has 0 fully saturated rings. The number of aromatic nitrogens is 2. The summed E-state index contributed by atoms with van der Waals surface area (Å²) in [5.74, 6) is 0.665. The summed E-state index contributed by atoms with van der Waals surface area (Å²) in [5, 5.41) is 9.61. The summed E-state index contributed by atoms with van der Waals surface area (Å²) in [7, 11) is 0. The Bertz CT molecular complexity index is 543. The summed E-state index contributed by atoms with van der Waals surface area (Å²) in [6, 6.07) is 1.50. The fourth-order valence-electron chi connectivity index (χ4n) is 1.71. The summed E-state index contributed by atoms with van der Waals surface area (Å²) in [6.07, 6.45) is 0.816. The zero-order valence-electron chi connectivity index (χ0n) is 12.5. The molecule has 0 saturated heterocycles. The van der Waals surface area contributed by atoms with E-state index >= 15 is 0 Å². The Balaban J connectivity index is 2.45. The molecule has 0 aliphatic carbocycles. The molecule has 128 valence electrons. The van der Waals surface area contributed by atoms with Gasteiger partial charge in [-0.2, -0.15) is 13.2 Å². The molecule has 0 unspecified atom stereocenters. The zero-order chi connectivity index (χ0) is 17.3. The van der Waals surface area contributed by atoms with Gasteiger partial charge in [-0.15, -0.1) is 0 Å². The van der Waals surface area contributed by atoms with Crippen molar-refractivity contribution in [1.29, 1.82) is 5.41 Å². The number of rotatable bonds is 8. The Morgan fingerprint density at radius 1 is 1.26 bits per heavy atom. The van der Waals surface area contributed by atoms with Crippen LogP contribution in [-0.4, -0.2) is 34.5 Å². The number of alkyl halides is 3. The molecule has 0 bridgehead atoms. The van der Waals surface area contributed by atoms with Crippen molar-refractivity contribution >= 4 is 17.6 Å². The molecule has 0 radical (unpaired) electrons. The van der Waals surface area contributed by atoms with Crippen molar-refractivity contribution in [3.8, 4) is 0 Å². The van der Waals surface area contributed by atoms with Gasteiger partial charge in [0.25, 0.3) is 0 Å². The van der Waals surface area contributed by atoms with Gasteiger partial charge in [0.2, 0.25) is 0 Å². The van der Waals surface area contributed by atoms with Crippen molar-refractivity contribution < 1.29 is 13.2 Å². The lowest BCUT2D eigenvalue weighted by molar-refractivity contribution is -0.118. The lowest BCUT2D eigenvalue weighted by Gasteiger charge is -2.07. The molecular formula is C13H20F3N7. The number of halogens is 3. The summed E-state index contributed by atoms with van der Waals surface area (Å²) in [4.78, 5) is 11.4. The van der Waals surface area contributed by atoms with Gasteiger partial charge in [0.15, 0.2) is 5.96 Å². The first-order valence-electron chi connectivity index (χ1n) is 7.05. The molecule has 0 spiro atoms. The van der Waals surface area contributed by atoms with Crippen LogP contribution in [0.15, 0.2) is 17.3 Å². The second kappa shape index (κ2) is 8.91. The molecule has 0 saturated carbocycles. The molecule has 1 heterocycles. The average molecular weight is 331 g/mol. The van der Waals surface area contributed by atoms with Gasteiger partial charge >= 0.3 is 6.18 Å². The molecule has 1 aromatic heterocycles. The molecule has 1 rings (SSSR count). The minimum atomic E-state index is -4.40. The highest BCUT2D eigenvalue weighted by molar-refractivity contribution is 5.91. The van der Waals surface area contributed by atoms with E-state index in [1.54, 1.807) is 0 Å². The van der Waals surface area contributed by atoms with Crippen LogP contribution >= 0.6 is 0 Å². The van der Waals surface area contributed by atoms with Crippen LogP contribution in [0, 0.1) is 5.41 Å². The van der Waals surface area contributed by atoms with E-state index in [4.69, 9.17) is 16.9 Å². The van der Waals surface area contributed by atoms with E-state index in [1.807, 2.05) is 0 Å².